The molecule has 0 saturated carbocycles. The number of nitriles is 1. The Labute approximate surface area is 240 Å². The molecular weight excluding hydrogens is 608 g/mol. The number of Topliss-reactive ketones (excluding diaryl/α,β-unsaturated/α-hetero) is 1. The zero-order valence-corrected chi connectivity index (χ0v) is 23.8. The van der Waals surface area contributed by atoms with Gasteiger partial charge in [-0.2, -0.15) is 5.26 Å². The molecular formula is C26H20BrClN6O2S2. The largest absolute Gasteiger partial charge is 0.384 e. The number of rotatable bonds is 6. The van der Waals surface area contributed by atoms with E-state index in [4.69, 9.17) is 17.3 Å². The van der Waals surface area contributed by atoms with Crippen LogP contribution in [0, 0.1) is 11.3 Å². The van der Waals surface area contributed by atoms with Crippen LogP contribution in [0.2, 0.25) is 5.02 Å². The number of amides is 1. The molecule has 0 fully saturated rings. The van der Waals surface area contributed by atoms with Crippen molar-refractivity contribution < 1.29 is 9.59 Å². The average molecular weight is 628 g/mol. The number of carbonyl (C=O) groups excluding carboxylic acids is 2. The van der Waals surface area contributed by atoms with Crippen molar-refractivity contribution >= 4 is 73.1 Å². The number of nitrogens with one attached hydrogen (secondary N) is 1. The van der Waals surface area contributed by atoms with Crippen LogP contribution in [0.1, 0.15) is 30.7 Å². The van der Waals surface area contributed by atoms with Gasteiger partial charge in [-0.15, -0.1) is 10.2 Å². The maximum absolute atomic E-state index is 13.2. The SMILES string of the molecule is N#CC1=C(N)N(c2nnc(SCC(=O)Nc3cccc(Br)c3)s2)C2=C(C(=O)CCC2)C1c1ccccc1Cl. The van der Waals surface area contributed by atoms with E-state index in [0.717, 1.165) is 4.47 Å². The molecule has 1 atom stereocenters. The molecule has 1 aliphatic heterocycles. The van der Waals surface area contributed by atoms with Crippen LogP contribution in [0.3, 0.4) is 0 Å². The Morgan fingerprint density at radius 3 is 2.84 bits per heavy atom. The fourth-order valence-corrected chi connectivity index (χ4v) is 6.89. The lowest BCUT2D eigenvalue weighted by Gasteiger charge is -2.38. The lowest BCUT2D eigenvalue weighted by molar-refractivity contribution is -0.116. The van der Waals surface area contributed by atoms with Gasteiger partial charge in [-0.1, -0.05) is 74.9 Å². The summed E-state index contributed by atoms with van der Waals surface area (Å²) in [4.78, 5) is 27.3. The Kier molecular flexibility index (Phi) is 7.85. The van der Waals surface area contributed by atoms with E-state index >= 15 is 0 Å². The highest BCUT2D eigenvalue weighted by atomic mass is 79.9. The first-order valence-electron chi connectivity index (χ1n) is 11.6. The summed E-state index contributed by atoms with van der Waals surface area (Å²) in [6, 6.07) is 16.7. The molecule has 3 aromatic rings. The second-order valence-corrected chi connectivity index (χ2v) is 12.0. The van der Waals surface area contributed by atoms with Crippen LogP contribution in [-0.4, -0.2) is 27.6 Å². The highest BCUT2D eigenvalue weighted by Crippen LogP contribution is 2.48. The van der Waals surface area contributed by atoms with E-state index in [1.165, 1.54) is 23.1 Å². The Hall–Kier alpha value is -3.17. The van der Waals surface area contributed by atoms with Crippen LogP contribution in [0.5, 0.6) is 0 Å². The van der Waals surface area contributed by atoms with E-state index in [-0.39, 0.29) is 28.8 Å². The molecule has 1 unspecified atom stereocenters. The second kappa shape index (κ2) is 11.3. The van der Waals surface area contributed by atoms with Gasteiger partial charge in [0.25, 0.3) is 0 Å². The minimum absolute atomic E-state index is 0.0373. The number of allylic oxidation sites excluding steroid dienone is 3. The van der Waals surface area contributed by atoms with Gasteiger partial charge < -0.3 is 11.1 Å². The van der Waals surface area contributed by atoms with Crippen LogP contribution in [-0.2, 0) is 9.59 Å². The predicted molar refractivity (Wildman–Crippen MR) is 153 cm³/mol. The Morgan fingerprint density at radius 1 is 1.26 bits per heavy atom. The van der Waals surface area contributed by atoms with E-state index in [0.29, 0.717) is 56.3 Å². The minimum atomic E-state index is -0.642. The summed E-state index contributed by atoms with van der Waals surface area (Å²) in [6.07, 6.45) is 1.64. The summed E-state index contributed by atoms with van der Waals surface area (Å²) in [5.41, 5.74) is 9.41. The normalized spacial score (nSPS) is 17.3. The number of thioether (sulfide) groups is 1. The molecule has 1 aromatic heterocycles. The Balaban J connectivity index is 1.43. The molecule has 2 aliphatic rings. The lowest BCUT2D eigenvalue weighted by atomic mass is 9.76. The molecule has 0 radical (unpaired) electrons. The Morgan fingerprint density at radius 2 is 2.08 bits per heavy atom. The molecule has 0 bridgehead atoms. The summed E-state index contributed by atoms with van der Waals surface area (Å²) in [5, 5.41) is 22.4. The number of carbonyl (C=O) groups is 2. The van der Waals surface area contributed by atoms with Gasteiger partial charge in [0.15, 0.2) is 10.1 Å². The van der Waals surface area contributed by atoms with E-state index in [9.17, 15) is 14.9 Å². The molecule has 1 aliphatic carbocycles. The number of anilines is 2. The summed E-state index contributed by atoms with van der Waals surface area (Å²) in [7, 11) is 0. The maximum atomic E-state index is 13.2. The van der Waals surface area contributed by atoms with Gasteiger partial charge in [-0.05, 0) is 42.7 Å². The van der Waals surface area contributed by atoms with Crippen molar-refractivity contribution in [2.24, 2.45) is 5.73 Å². The summed E-state index contributed by atoms with van der Waals surface area (Å²) >= 11 is 12.4. The van der Waals surface area contributed by atoms with Crippen molar-refractivity contribution in [2.75, 3.05) is 16.0 Å². The molecule has 2 aromatic carbocycles. The first-order valence-corrected chi connectivity index (χ1v) is 14.6. The monoisotopic (exact) mass is 626 g/mol. The van der Waals surface area contributed by atoms with Crippen molar-refractivity contribution in [3.8, 4) is 6.07 Å². The molecule has 192 valence electrons. The third-order valence-corrected chi connectivity index (χ3v) is 9.03. The van der Waals surface area contributed by atoms with Crippen molar-refractivity contribution in [2.45, 2.75) is 29.5 Å². The van der Waals surface area contributed by atoms with Crippen molar-refractivity contribution in [1.82, 2.24) is 10.2 Å². The van der Waals surface area contributed by atoms with Gasteiger partial charge in [-0.25, -0.2) is 0 Å². The number of hydrogen-bond acceptors (Lipinski definition) is 9. The van der Waals surface area contributed by atoms with Gasteiger partial charge in [0.1, 0.15) is 5.82 Å². The van der Waals surface area contributed by atoms with Gasteiger partial charge in [0, 0.05) is 32.9 Å². The van der Waals surface area contributed by atoms with Crippen LogP contribution >= 0.6 is 50.6 Å². The highest BCUT2D eigenvalue weighted by molar-refractivity contribution is 9.10. The number of nitrogens with two attached hydrogens (primary N) is 1. The number of nitrogens with zero attached hydrogens (tertiary/aromatic N) is 4. The molecule has 0 spiro atoms. The van der Waals surface area contributed by atoms with Crippen molar-refractivity contribution in [3.05, 3.63) is 86.3 Å². The van der Waals surface area contributed by atoms with E-state index in [1.807, 2.05) is 30.3 Å². The number of halogens is 2. The first kappa shape index (κ1) is 26.4. The van der Waals surface area contributed by atoms with Crippen molar-refractivity contribution in [3.63, 3.8) is 0 Å². The molecule has 5 rings (SSSR count). The van der Waals surface area contributed by atoms with Crippen LogP contribution in [0.25, 0.3) is 0 Å². The van der Waals surface area contributed by atoms with Crippen LogP contribution < -0.4 is 16.0 Å². The summed E-state index contributed by atoms with van der Waals surface area (Å²) < 4.78 is 1.43. The maximum Gasteiger partial charge on any atom is 0.234 e. The molecule has 8 nitrogen and oxygen atoms in total. The molecule has 2 heterocycles. The fraction of sp³-hybridized carbons (Fsp3) is 0.192. The van der Waals surface area contributed by atoms with Crippen LogP contribution in [0.15, 0.2) is 80.0 Å². The minimum Gasteiger partial charge on any atom is -0.384 e. The first-order chi connectivity index (χ1) is 18.4. The quantitative estimate of drug-likeness (QED) is 0.319. The van der Waals surface area contributed by atoms with Gasteiger partial charge in [0.05, 0.1) is 23.3 Å². The Bertz CT molecular complexity index is 1550. The number of benzene rings is 2. The smallest absolute Gasteiger partial charge is 0.234 e. The second-order valence-electron chi connectivity index (χ2n) is 8.54. The molecule has 0 saturated heterocycles. The van der Waals surface area contributed by atoms with Gasteiger partial charge in [0.2, 0.25) is 11.0 Å². The highest BCUT2D eigenvalue weighted by Gasteiger charge is 2.41. The molecule has 3 N–H and O–H groups in total. The number of aromatic nitrogens is 2. The van der Waals surface area contributed by atoms with Gasteiger partial charge >= 0.3 is 0 Å². The van der Waals surface area contributed by atoms with Gasteiger partial charge in [-0.3, -0.25) is 14.5 Å². The average Bonchev–Trinajstić information content (AvgIpc) is 3.36. The van der Waals surface area contributed by atoms with E-state index < -0.39 is 5.92 Å². The number of hydrogen-bond donors (Lipinski definition) is 2. The number of ketones is 1. The summed E-state index contributed by atoms with van der Waals surface area (Å²) in [6.45, 7) is 0. The topological polar surface area (TPSA) is 125 Å². The van der Waals surface area contributed by atoms with Crippen LogP contribution in [0.4, 0.5) is 10.8 Å². The summed E-state index contributed by atoms with van der Waals surface area (Å²) in [5.74, 6) is -0.525. The van der Waals surface area contributed by atoms with E-state index in [1.54, 1.807) is 23.1 Å². The zero-order chi connectivity index (χ0) is 26.8. The fourth-order valence-electron chi connectivity index (χ4n) is 4.57. The predicted octanol–water partition coefficient (Wildman–Crippen LogP) is 5.99. The van der Waals surface area contributed by atoms with Crippen molar-refractivity contribution in [1.29, 1.82) is 5.26 Å². The lowest BCUT2D eigenvalue weighted by Crippen LogP contribution is -2.38. The third kappa shape index (κ3) is 5.22. The standard InChI is InChI=1S/C26H20BrClN6O2S2/c27-14-5-3-6-15(11-14)31-21(36)13-37-26-33-32-25(38-26)34-19-9-4-10-20(35)23(19)22(17(12-29)24(34)30)16-7-1-2-8-18(16)28/h1-3,5-8,11,22H,4,9-10,13,30H2,(H,31,36). The molecule has 38 heavy (non-hydrogen) atoms. The molecule has 12 heteroatoms. The van der Waals surface area contributed by atoms with E-state index in [2.05, 4.69) is 37.5 Å². The zero-order valence-electron chi connectivity index (χ0n) is 19.8. The molecule has 1 amide bonds. The third-order valence-electron chi connectivity index (χ3n) is 6.15.